The number of rotatable bonds is 2. The summed E-state index contributed by atoms with van der Waals surface area (Å²) in [4.78, 5) is 0. The highest BCUT2D eigenvalue weighted by Crippen LogP contribution is 2.33. The fourth-order valence-corrected chi connectivity index (χ4v) is 1.28. The van der Waals surface area contributed by atoms with Crippen molar-refractivity contribution in [3.05, 3.63) is 24.4 Å². The monoisotopic (exact) mass is 178 g/mol. The maximum atomic E-state index is 5.63. The van der Waals surface area contributed by atoms with Crippen molar-refractivity contribution in [3.63, 3.8) is 0 Å². The van der Waals surface area contributed by atoms with E-state index in [1.54, 1.807) is 0 Å². The van der Waals surface area contributed by atoms with Crippen LogP contribution in [-0.4, -0.2) is 12.7 Å². The average molecular weight is 178 g/mol. The van der Waals surface area contributed by atoms with Gasteiger partial charge in [0.1, 0.15) is 5.60 Å². The molecule has 2 aliphatic rings. The molecule has 1 saturated heterocycles. The second-order valence-electron chi connectivity index (χ2n) is 4.26. The lowest BCUT2D eigenvalue weighted by Crippen LogP contribution is -2.22. The van der Waals surface area contributed by atoms with Gasteiger partial charge in [0, 0.05) is 0 Å². The molecule has 1 aliphatic heterocycles. The molecule has 0 bridgehead atoms. The second-order valence-corrected chi connectivity index (χ2v) is 4.26. The van der Waals surface area contributed by atoms with Gasteiger partial charge in [-0.3, -0.25) is 0 Å². The molecule has 13 heavy (non-hydrogen) atoms. The summed E-state index contributed by atoms with van der Waals surface area (Å²) in [6.07, 6.45) is 4.81. The topological polar surface area (TPSA) is 18.5 Å². The summed E-state index contributed by atoms with van der Waals surface area (Å²) in [5.41, 5.74) is -0.335. The van der Waals surface area contributed by atoms with E-state index in [1.807, 2.05) is 19.8 Å². The van der Waals surface area contributed by atoms with Crippen LogP contribution < -0.4 is 0 Å². The first-order valence-corrected chi connectivity index (χ1v) is 4.80. The summed E-state index contributed by atoms with van der Waals surface area (Å²) >= 11 is 0. The van der Waals surface area contributed by atoms with Crippen molar-refractivity contribution < 1.29 is 9.31 Å². The van der Waals surface area contributed by atoms with Gasteiger partial charge in [-0.25, -0.2) is 0 Å². The highest BCUT2D eigenvalue weighted by atomic mass is 16.7. The van der Waals surface area contributed by atoms with E-state index < -0.39 is 0 Å². The summed E-state index contributed by atoms with van der Waals surface area (Å²) < 4.78 is 11.1. The Morgan fingerprint density at radius 1 is 1.54 bits per heavy atom. The van der Waals surface area contributed by atoms with Crippen LogP contribution >= 0.6 is 0 Å². The molecular weight excluding hydrogens is 163 g/mol. The summed E-state index contributed by atoms with van der Waals surface area (Å²) in [5.74, 6) is 3.49. The third-order valence-electron chi connectivity index (χ3n) is 2.50. The molecule has 1 heterocycles. The third-order valence-corrected chi connectivity index (χ3v) is 2.50. The van der Waals surface area contributed by atoms with Gasteiger partial charge in [-0.1, -0.05) is 12.7 Å². The Morgan fingerprint density at radius 2 is 2.23 bits per heavy atom. The van der Waals surface area contributed by atoms with Gasteiger partial charge in [-0.2, -0.15) is 0 Å². The minimum Gasteiger partial charge on any atom is -0.534 e. The van der Waals surface area contributed by atoms with Gasteiger partial charge < -0.3 is 9.31 Å². The molecular formula is C10H15BO2. The Kier molecular flexibility index (Phi) is 1.99. The molecule has 2 fully saturated rings. The summed E-state index contributed by atoms with van der Waals surface area (Å²) in [6.45, 7) is 7.76. The zero-order valence-electron chi connectivity index (χ0n) is 8.25. The van der Waals surface area contributed by atoms with Crippen LogP contribution in [0.5, 0.6) is 0 Å². The first-order chi connectivity index (χ1) is 6.08. The van der Waals surface area contributed by atoms with Gasteiger partial charge in [0.25, 0.3) is 0 Å². The quantitative estimate of drug-likeness (QED) is 0.604. The van der Waals surface area contributed by atoms with Gasteiger partial charge in [0.15, 0.2) is 0 Å². The minimum absolute atomic E-state index is 0.219. The lowest BCUT2D eigenvalue weighted by Gasteiger charge is -2.15. The van der Waals surface area contributed by atoms with E-state index in [0.717, 1.165) is 11.7 Å². The van der Waals surface area contributed by atoms with Crippen LogP contribution in [0.3, 0.4) is 0 Å². The highest BCUT2D eigenvalue weighted by molar-refractivity contribution is 6.52. The summed E-state index contributed by atoms with van der Waals surface area (Å²) in [5, 5.41) is 0. The van der Waals surface area contributed by atoms with Crippen molar-refractivity contribution >= 4 is 7.12 Å². The molecule has 2 rings (SSSR count). The Morgan fingerprint density at radius 3 is 2.69 bits per heavy atom. The van der Waals surface area contributed by atoms with E-state index in [0.29, 0.717) is 0 Å². The van der Waals surface area contributed by atoms with Crippen molar-refractivity contribution in [3.8, 4) is 0 Å². The van der Waals surface area contributed by atoms with E-state index in [1.165, 1.54) is 12.8 Å². The molecule has 0 aromatic rings. The molecule has 0 spiro atoms. The van der Waals surface area contributed by atoms with Crippen molar-refractivity contribution in [2.45, 2.75) is 32.3 Å². The van der Waals surface area contributed by atoms with Crippen LogP contribution in [0.1, 0.15) is 26.7 Å². The fourth-order valence-electron chi connectivity index (χ4n) is 1.28. The van der Waals surface area contributed by atoms with Crippen LogP contribution in [0.4, 0.5) is 0 Å². The van der Waals surface area contributed by atoms with E-state index in [-0.39, 0.29) is 12.7 Å². The smallest absolute Gasteiger partial charge is 0.534 e. The molecule has 0 atom stereocenters. The van der Waals surface area contributed by atoms with Crippen molar-refractivity contribution in [1.82, 2.24) is 0 Å². The predicted molar refractivity (Wildman–Crippen MR) is 53.0 cm³/mol. The Bertz CT molecular complexity index is 254. The normalized spacial score (nSPS) is 26.9. The van der Waals surface area contributed by atoms with Gasteiger partial charge >= 0.3 is 7.12 Å². The van der Waals surface area contributed by atoms with E-state index in [9.17, 15) is 0 Å². The van der Waals surface area contributed by atoms with Gasteiger partial charge in [-0.05, 0) is 38.6 Å². The standard InChI is InChI=1S/C10H15BO2/c1-8-10(2,3)13-11(12-8)7-6-9-4-5-9/h6-7,9H,1,4-5H2,2-3H3/b7-6+. The van der Waals surface area contributed by atoms with Crippen LogP contribution in [0.25, 0.3) is 0 Å². The molecule has 0 amide bonds. The largest absolute Gasteiger partial charge is 0.555 e. The van der Waals surface area contributed by atoms with Gasteiger partial charge in [0.05, 0.1) is 5.76 Å². The Hall–Kier alpha value is -0.695. The van der Waals surface area contributed by atoms with E-state index in [2.05, 4.69) is 12.7 Å². The second kappa shape index (κ2) is 2.91. The van der Waals surface area contributed by atoms with Crippen LogP contribution in [-0.2, 0) is 9.31 Å². The lowest BCUT2D eigenvalue weighted by atomic mass is 9.89. The number of hydrogen-bond acceptors (Lipinski definition) is 2. The van der Waals surface area contributed by atoms with E-state index in [4.69, 9.17) is 9.31 Å². The van der Waals surface area contributed by atoms with Crippen molar-refractivity contribution in [2.24, 2.45) is 5.92 Å². The van der Waals surface area contributed by atoms with Crippen molar-refractivity contribution in [2.75, 3.05) is 0 Å². The number of allylic oxidation sites excluding steroid dienone is 1. The maximum absolute atomic E-state index is 5.63. The molecule has 0 aromatic carbocycles. The zero-order chi connectivity index (χ0) is 9.47. The molecule has 1 aliphatic carbocycles. The predicted octanol–water partition coefficient (Wildman–Crippen LogP) is 2.32. The molecule has 1 saturated carbocycles. The zero-order valence-corrected chi connectivity index (χ0v) is 8.25. The van der Waals surface area contributed by atoms with Crippen LogP contribution in [0.15, 0.2) is 24.4 Å². The molecule has 2 nitrogen and oxygen atoms in total. The molecule has 0 N–H and O–H groups in total. The third kappa shape index (κ3) is 1.97. The summed E-state index contributed by atoms with van der Waals surface area (Å²) in [7, 11) is -0.219. The fraction of sp³-hybridized carbons (Fsp3) is 0.600. The van der Waals surface area contributed by atoms with Gasteiger partial charge in [-0.15, -0.1) is 0 Å². The number of hydrogen-bond donors (Lipinski definition) is 0. The lowest BCUT2D eigenvalue weighted by molar-refractivity contribution is 0.172. The Balaban J connectivity index is 1.93. The highest BCUT2D eigenvalue weighted by Gasteiger charge is 2.40. The van der Waals surface area contributed by atoms with Crippen molar-refractivity contribution in [1.29, 1.82) is 0 Å². The average Bonchev–Trinajstić information content (AvgIpc) is 2.78. The first-order valence-electron chi connectivity index (χ1n) is 4.80. The van der Waals surface area contributed by atoms with Gasteiger partial charge in [0.2, 0.25) is 0 Å². The molecule has 0 aromatic heterocycles. The van der Waals surface area contributed by atoms with Crippen LogP contribution in [0, 0.1) is 5.92 Å². The molecule has 70 valence electrons. The summed E-state index contributed by atoms with van der Waals surface area (Å²) in [6, 6.07) is 0. The molecule has 0 unspecified atom stereocenters. The minimum atomic E-state index is -0.335. The first kappa shape index (κ1) is 8.88. The SMILES string of the molecule is C=C1OB(/C=C/C2CC2)OC1(C)C. The Labute approximate surface area is 79.8 Å². The molecule has 0 radical (unpaired) electrons. The van der Waals surface area contributed by atoms with Crippen LogP contribution in [0.2, 0.25) is 0 Å². The molecule has 3 heteroatoms. The maximum Gasteiger partial charge on any atom is 0.555 e. The van der Waals surface area contributed by atoms with E-state index >= 15 is 0 Å².